The van der Waals surface area contributed by atoms with Crippen LogP contribution in [-0.2, 0) is 4.74 Å². The minimum absolute atomic E-state index is 0.157. The fourth-order valence-corrected chi connectivity index (χ4v) is 1.36. The van der Waals surface area contributed by atoms with Crippen LogP contribution in [0.15, 0.2) is 36.9 Å². The second-order valence-corrected chi connectivity index (χ2v) is 3.99. The average Bonchev–Trinajstić information content (AvgIpc) is 2.39. The van der Waals surface area contributed by atoms with Gasteiger partial charge < -0.3 is 4.74 Å². The topological polar surface area (TPSA) is 65.0 Å². The Morgan fingerprint density at radius 3 is 2.50 bits per heavy atom. The van der Waals surface area contributed by atoms with Crippen LogP contribution < -0.4 is 0 Å². The Labute approximate surface area is 105 Å². The molecule has 0 saturated carbocycles. The predicted octanol–water partition coefficient (Wildman–Crippen LogP) is 2.10. The summed E-state index contributed by atoms with van der Waals surface area (Å²) in [5.41, 5.74) is 1.15. The fraction of sp³-hybridized carbons (Fsp3) is 0.231. The minimum Gasteiger partial charge on any atom is -0.459 e. The molecule has 0 N–H and O–H groups in total. The molecule has 18 heavy (non-hydrogen) atoms. The van der Waals surface area contributed by atoms with Crippen molar-refractivity contribution < 1.29 is 9.53 Å². The van der Waals surface area contributed by atoms with E-state index in [0.717, 1.165) is 5.56 Å². The highest BCUT2D eigenvalue weighted by atomic mass is 16.5. The first-order valence-electron chi connectivity index (χ1n) is 5.60. The maximum atomic E-state index is 11.6. The Bertz CT molecular complexity index is 524. The Morgan fingerprint density at radius 2 is 1.94 bits per heavy atom. The molecule has 0 amide bonds. The van der Waals surface area contributed by atoms with Crippen LogP contribution in [0.4, 0.5) is 0 Å². The maximum absolute atomic E-state index is 11.6. The van der Waals surface area contributed by atoms with Crippen molar-refractivity contribution in [2.45, 2.75) is 20.0 Å². The third kappa shape index (κ3) is 2.88. The van der Waals surface area contributed by atoms with Gasteiger partial charge in [0.15, 0.2) is 5.82 Å². The third-order valence-electron chi connectivity index (χ3n) is 2.15. The highest BCUT2D eigenvalue weighted by Crippen LogP contribution is 2.12. The van der Waals surface area contributed by atoms with Gasteiger partial charge >= 0.3 is 5.97 Å². The van der Waals surface area contributed by atoms with Crippen molar-refractivity contribution in [3.8, 4) is 11.4 Å². The van der Waals surface area contributed by atoms with Crippen molar-refractivity contribution >= 4 is 5.97 Å². The monoisotopic (exact) mass is 243 g/mol. The molecular formula is C13H13N3O2. The first kappa shape index (κ1) is 12.2. The molecule has 0 radical (unpaired) electrons. The van der Waals surface area contributed by atoms with Gasteiger partial charge in [-0.25, -0.2) is 14.8 Å². The summed E-state index contributed by atoms with van der Waals surface area (Å²) in [6.45, 7) is 3.59. The van der Waals surface area contributed by atoms with Gasteiger partial charge in [0.2, 0.25) is 0 Å². The Kier molecular flexibility index (Phi) is 3.62. The zero-order valence-electron chi connectivity index (χ0n) is 10.2. The van der Waals surface area contributed by atoms with Crippen LogP contribution in [0.5, 0.6) is 0 Å². The second kappa shape index (κ2) is 5.35. The molecule has 5 nitrogen and oxygen atoms in total. The van der Waals surface area contributed by atoms with E-state index in [-0.39, 0.29) is 6.10 Å². The van der Waals surface area contributed by atoms with Crippen molar-refractivity contribution in [3.63, 3.8) is 0 Å². The molecule has 0 bridgehead atoms. The summed E-state index contributed by atoms with van der Waals surface area (Å²) in [6, 6.07) is 3.66. The summed E-state index contributed by atoms with van der Waals surface area (Å²) in [5.74, 6) is 0.118. The van der Waals surface area contributed by atoms with E-state index in [1.807, 2.05) is 6.07 Å². The standard InChI is InChI=1S/C13H13N3O2/c1-9(2)18-13(17)11-7-15-12(16-8-11)10-4-3-5-14-6-10/h3-9H,1-2H3. The van der Waals surface area contributed by atoms with Gasteiger partial charge in [-0.1, -0.05) is 0 Å². The molecule has 0 aliphatic rings. The number of ether oxygens (including phenoxy) is 1. The van der Waals surface area contributed by atoms with Crippen LogP contribution in [0.3, 0.4) is 0 Å². The van der Waals surface area contributed by atoms with Gasteiger partial charge in [0.1, 0.15) is 0 Å². The normalized spacial score (nSPS) is 10.4. The smallest absolute Gasteiger partial charge is 0.341 e. The maximum Gasteiger partial charge on any atom is 0.341 e. The molecule has 0 aliphatic carbocycles. The number of hydrogen-bond donors (Lipinski definition) is 0. The SMILES string of the molecule is CC(C)OC(=O)c1cnc(-c2cccnc2)nc1. The van der Waals surface area contributed by atoms with Crippen molar-refractivity contribution in [2.75, 3.05) is 0 Å². The first-order chi connectivity index (χ1) is 8.66. The minimum atomic E-state index is -0.414. The molecule has 0 fully saturated rings. The highest BCUT2D eigenvalue weighted by molar-refractivity contribution is 5.88. The molecule has 2 aromatic heterocycles. The summed E-state index contributed by atoms with van der Waals surface area (Å²) in [5, 5.41) is 0. The molecule has 0 unspecified atom stereocenters. The van der Waals surface area contributed by atoms with Gasteiger partial charge in [0.25, 0.3) is 0 Å². The van der Waals surface area contributed by atoms with E-state index in [1.54, 1.807) is 32.3 Å². The van der Waals surface area contributed by atoms with E-state index in [2.05, 4.69) is 15.0 Å². The fourth-order valence-electron chi connectivity index (χ4n) is 1.36. The number of rotatable bonds is 3. The van der Waals surface area contributed by atoms with Crippen LogP contribution in [0.2, 0.25) is 0 Å². The van der Waals surface area contributed by atoms with Gasteiger partial charge in [-0.2, -0.15) is 0 Å². The number of aromatic nitrogens is 3. The van der Waals surface area contributed by atoms with Crippen molar-refractivity contribution in [1.29, 1.82) is 0 Å². The van der Waals surface area contributed by atoms with Gasteiger partial charge in [0.05, 0.1) is 11.7 Å². The number of esters is 1. The Hall–Kier alpha value is -2.30. The zero-order chi connectivity index (χ0) is 13.0. The van der Waals surface area contributed by atoms with E-state index in [1.165, 1.54) is 12.4 Å². The first-order valence-corrected chi connectivity index (χ1v) is 5.60. The van der Waals surface area contributed by atoms with Crippen LogP contribution >= 0.6 is 0 Å². The lowest BCUT2D eigenvalue weighted by atomic mass is 10.2. The Balaban J connectivity index is 2.18. The number of carbonyl (C=O) groups is 1. The third-order valence-corrected chi connectivity index (χ3v) is 2.15. The van der Waals surface area contributed by atoms with Crippen molar-refractivity contribution in [3.05, 3.63) is 42.5 Å². The molecule has 0 spiro atoms. The summed E-state index contributed by atoms with van der Waals surface area (Å²) >= 11 is 0. The number of carbonyl (C=O) groups excluding carboxylic acids is 1. The van der Waals surface area contributed by atoms with Gasteiger partial charge in [-0.3, -0.25) is 4.98 Å². The molecule has 0 saturated heterocycles. The second-order valence-electron chi connectivity index (χ2n) is 3.99. The molecule has 0 aromatic carbocycles. The lowest BCUT2D eigenvalue weighted by Crippen LogP contribution is -2.12. The molecule has 0 atom stereocenters. The molecule has 2 aromatic rings. The van der Waals surface area contributed by atoms with Crippen molar-refractivity contribution in [1.82, 2.24) is 15.0 Å². The van der Waals surface area contributed by atoms with Crippen molar-refractivity contribution in [2.24, 2.45) is 0 Å². The van der Waals surface area contributed by atoms with Crippen LogP contribution in [-0.4, -0.2) is 27.0 Å². The van der Waals surface area contributed by atoms with Gasteiger partial charge in [-0.15, -0.1) is 0 Å². The molecule has 2 rings (SSSR count). The zero-order valence-corrected chi connectivity index (χ0v) is 10.2. The lowest BCUT2D eigenvalue weighted by molar-refractivity contribution is 0.0377. The van der Waals surface area contributed by atoms with Crippen LogP contribution in [0, 0.1) is 0 Å². The summed E-state index contributed by atoms with van der Waals surface area (Å²) in [7, 11) is 0. The number of hydrogen-bond acceptors (Lipinski definition) is 5. The van der Waals surface area contributed by atoms with Crippen LogP contribution in [0.1, 0.15) is 24.2 Å². The van der Waals surface area contributed by atoms with E-state index in [9.17, 15) is 4.79 Å². The van der Waals surface area contributed by atoms with E-state index in [0.29, 0.717) is 11.4 Å². The average molecular weight is 243 g/mol. The number of pyridine rings is 1. The molecule has 92 valence electrons. The highest BCUT2D eigenvalue weighted by Gasteiger charge is 2.10. The predicted molar refractivity (Wildman–Crippen MR) is 65.8 cm³/mol. The summed E-state index contributed by atoms with van der Waals surface area (Å²) in [6.07, 6.45) is 6.11. The van der Waals surface area contributed by atoms with E-state index < -0.39 is 5.97 Å². The lowest BCUT2D eigenvalue weighted by Gasteiger charge is -2.07. The molecular weight excluding hydrogens is 230 g/mol. The molecule has 0 aliphatic heterocycles. The summed E-state index contributed by atoms with van der Waals surface area (Å²) < 4.78 is 5.05. The quantitative estimate of drug-likeness (QED) is 0.772. The number of nitrogens with zero attached hydrogens (tertiary/aromatic N) is 3. The summed E-state index contributed by atoms with van der Waals surface area (Å²) in [4.78, 5) is 23.8. The molecule has 2 heterocycles. The van der Waals surface area contributed by atoms with Gasteiger partial charge in [-0.05, 0) is 26.0 Å². The van der Waals surface area contributed by atoms with E-state index in [4.69, 9.17) is 4.74 Å². The van der Waals surface area contributed by atoms with E-state index >= 15 is 0 Å². The molecule has 5 heteroatoms. The van der Waals surface area contributed by atoms with Gasteiger partial charge in [0, 0.05) is 30.4 Å². The Morgan fingerprint density at radius 1 is 1.22 bits per heavy atom. The van der Waals surface area contributed by atoms with Crippen LogP contribution in [0.25, 0.3) is 11.4 Å². The largest absolute Gasteiger partial charge is 0.459 e.